The molecule has 192 valence electrons. The molecule has 0 unspecified atom stereocenters. The summed E-state index contributed by atoms with van der Waals surface area (Å²) in [7, 11) is 0. The van der Waals surface area contributed by atoms with Gasteiger partial charge >= 0.3 is 5.97 Å². The van der Waals surface area contributed by atoms with Crippen LogP contribution in [0.1, 0.15) is 11.1 Å². The number of para-hydroxylation sites is 1. The second-order valence-corrected chi connectivity index (χ2v) is 11.3. The number of carboxylic acid groups (broad SMARTS) is 1. The highest BCUT2D eigenvalue weighted by molar-refractivity contribution is 8.06. The molecule has 1 saturated heterocycles. The summed E-state index contributed by atoms with van der Waals surface area (Å²) < 4.78 is 6.02. The zero-order chi connectivity index (χ0) is 26.4. The fourth-order valence-corrected chi connectivity index (χ4v) is 7.35. The van der Waals surface area contributed by atoms with E-state index in [0.717, 1.165) is 21.2 Å². The van der Waals surface area contributed by atoms with Crippen molar-refractivity contribution in [1.29, 1.82) is 0 Å². The molecule has 1 fully saturated rings. The van der Waals surface area contributed by atoms with E-state index in [4.69, 9.17) is 4.42 Å². The average molecular weight is 547 g/mol. The smallest absolute Gasteiger partial charge is 0.353 e. The number of rotatable bonds is 7. The van der Waals surface area contributed by atoms with Gasteiger partial charge in [-0.3, -0.25) is 14.5 Å². The summed E-state index contributed by atoms with van der Waals surface area (Å²) in [5.74, 6) is -1.50. The van der Waals surface area contributed by atoms with Crippen molar-refractivity contribution in [1.82, 2.24) is 10.2 Å². The molecule has 0 bridgehead atoms. The van der Waals surface area contributed by atoms with Crippen molar-refractivity contribution in [3.63, 3.8) is 0 Å². The van der Waals surface area contributed by atoms with Gasteiger partial charge in [0.25, 0.3) is 5.91 Å². The maximum absolute atomic E-state index is 13.0. The number of β-lactam (4-membered cyclic amide) rings is 1. The van der Waals surface area contributed by atoms with E-state index in [9.17, 15) is 24.6 Å². The van der Waals surface area contributed by atoms with Crippen molar-refractivity contribution in [2.75, 3.05) is 5.75 Å². The lowest BCUT2D eigenvalue weighted by atomic mass is 10.0. The van der Waals surface area contributed by atoms with Crippen LogP contribution in [0.3, 0.4) is 0 Å². The number of fused-ring (bicyclic) bond motifs is 4. The Morgan fingerprint density at radius 3 is 2.66 bits per heavy atom. The molecule has 1 aromatic heterocycles. The number of hydrogen-bond acceptors (Lipinski definition) is 7. The van der Waals surface area contributed by atoms with E-state index in [1.165, 1.54) is 28.4 Å². The van der Waals surface area contributed by atoms with Crippen LogP contribution in [0.5, 0.6) is 0 Å². The Morgan fingerprint density at radius 1 is 1.08 bits per heavy atom. The lowest BCUT2D eigenvalue weighted by molar-refractivity contribution is -0.150. The molecule has 8 nitrogen and oxygen atoms in total. The van der Waals surface area contributed by atoms with Crippen molar-refractivity contribution in [3.05, 3.63) is 88.5 Å². The third-order valence-electron chi connectivity index (χ3n) is 6.62. The summed E-state index contributed by atoms with van der Waals surface area (Å²) in [4.78, 5) is 40.4. The van der Waals surface area contributed by atoms with Gasteiger partial charge in [-0.1, -0.05) is 60.3 Å². The molecular weight excluding hydrogens is 524 g/mol. The minimum atomic E-state index is -1.18. The monoisotopic (exact) mass is 546 g/mol. The molecule has 2 aliphatic rings. The number of hydrogen-bond donors (Lipinski definition) is 3. The van der Waals surface area contributed by atoms with Gasteiger partial charge in [0.2, 0.25) is 5.91 Å². The van der Waals surface area contributed by atoms with E-state index in [2.05, 4.69) is 5.32 Å². The van der Waals surface area contributed by atoms with Gasteiger partial charge < -0.3 is 19.9 Å². The minimum absolute atomic E-state index is 0.0513. The summed E-state index contributed by atoms with van der Waals surface area (Å²) in [5, 5.41) is 23.8. The SMILES string of the molecule is O=C(Cc1ccccc1)N[C@@H]1C(=O)N2C(C(=O)O)=C(Sc3ccc4c(c3)oc3c(CO)cccc34)CS[C@H]12. The Morgan fingerprint density at radius 2 is 1.89 bits per heavy atom. The van der Waals surface area contributed by atoms with Crippen LogP contribution in [0.4, 0.5) is 0 Å². The zero-order valence-electron chi connectivity index (χ0n) is 19.9. The molecule has 0 aliphatic carbocycles. The summed E-state index contributed by atoms with van der Waals surface area (Å²) in [5.41, 5.74) is 2.74. The first-order chi connectivity index (χ1) is 18.4. The Kier molecular flexibility index (Phi) is 6.38. The van der Waals surface area contributed by atoms with Gasteiger partial charge in [-0.25, -0.2) is 4.79 Å². The van der Waals surface area contributed by atoms with E-state index in [1.807, 2.05) is 60.7 Å². The van der Waals surface area contributed by atoms with Crippen molar-refractivity contribution >= 4 is 63.2 Å². The summed E-state index contributed by atoms with van der Waals surface area (Å²) in [6.07, 6.45) is 0.148. The summed E-state index contributed by atoms with van der Waals surface area (Å²) in [6, 6.07) is 19.7. The molecule has 38 heavy (non-hydrogen) atoms. The predicted molar refractivity (Wildman–Crippen MR) is 145 cm³/mol. The third-order valence-corrected chi connectivity index (χ3v) is 9.16. The first-order valence-electron chi connectivity index (χ1n) is 11.9. The molecule has 0 radical (unpaired) electrons. The van der Waals surface area contributed by atoms with Crippen LogP contribution in [0.25, 0.3) is 21.9 Å². The normalized spacial score (nSPS) is 19.0. The maximum atomic E-state index is 13.0. The number of carboxylic acids is 1. The van der Waals surface area contributed by atoms with Gasteiger partial charge in [0, 0.05) is 31.9 Å². The van der Waals surface area contributed by atoms with Crippen LogP contribution in [-0.4, -0.2) is 50.1 Å². The van der Waals surface area contributed by atoms with Crippen LogP contribution in [0.15, 0.2) is 86.6 Å². The number of benzene rings is 3. The highest BCUT2D eigenvalue weighted by atomic mass is 32.2. The van der Waals surface area contributed by atoms with E-state index < -0.39 is 23.3 Å². The molecule has 0 saturated carbocycles. The van der Waals surface area contributed by atoms with Gasteiger partial charge in [0.1, 0.15) is 28.3 Å². The molecule has 2 amide bonds. The second kappa shape index (κ2) is 9.86. The number of amides is 2. The Labute approximate surface area is 225 Å². The van der Waals surface area contributed by atoms with Crippen LogP contribution in [0, 0.1) is 0 Å². The van der Waals surface area contributed by atoms with Crippen molar-refractivity contribution in [2.24, 2.45) is 0 Å². The standard InChI is InChI=1S/C28H22N2O6S2/c31-13-16-7-4-8-19-18-10-9-17(12-20(18)36-25(16)19)38-21-14-37-27-23(26(33)30(27)24(21)28(34)35)29-22(32)11-15-5-2-1-3-6-15/h1-10,12,23,27,31H,11,13-14H2,(H,29,32)(H,34,35)/t23-,27-/m1/s1. The molecule has 0 spiro atoms. The number of aliphatic hydroxyl groups is 1. The van der Waals surface area contributed by atoms with E-state index in [-0.39, 0.29) is 24.6 Å². The van der Waals surface area contributed by atoms with Gasteiger partial charge in [-0.2, -0.15) is 0 Å². The van der Waals surface area contributed by atoms with Crippen LogP contribution < -0.4 is 5.32 Å². The van der Waals surface area contributed by atoms with Crippen LogP contribution in [-0.2, 0) is 27.4 Å². The molecule has 3 aromatic carbocycles. The first kappa shape index (κ1) is 24.6. The van der Waals surface area contributed by atoms with Gasteiger partial charge in [0.05, 0.1) is 13.0 Å². The van der Waals surface area contributed by atoms with E-state index in [0.29, 0.717) is 27.4 Å². The average Bonchev–Trinajstić information content (AvgIpc) is 3.30. The third kappa shape index (κ3) is 4.24. The molecule has 3 heterocycles. The molecular formula is C28H22N2O6S2. The van der Waals surface area contributed by atoms with Crippen molar-refractivity contribution < 1.29 is 29.0 Å². The fourth-order valence-electron chi connectivity index (χ4n) is 4.84. The molecule has 2 aliphatic heterocycles. The number of thioether (sulfide) groups is 2. The molecule has 3 N–H and O–H groups in total. The largest absolute Gasteiger partial charge is 0.477 e. The van der Waals surface area contributed by atoms with Crippen LogP contribution >= 0.6 is 23.5 Å². The zero-order valence-corrected chi connectivity index (χ0v) is 21.6. The number of aliphatic carboxylic acids is 1. The van der Waals surface area contributed by atoms with E-state index >= 15 is 0 Å². The van der Waals surface area contributed by atoms with Crippen LogP contribution in [0.2, 0.25) is 0 Å². The summed E-state index contributed by atoms with van der Waals surface area (Å²) >= 11 is 2.71. The molecule has 2 atom stereocenters. The van der Waals surface area contributed by atoms with Gasteiger partial charge in [0.15, 0.2) is 0 Å². The molecule has 6 rings (SSSR count). The lowest BCUT2D eigenvalue weighted by Gasteiger charge is -2.49. The molecule has 10 heteroatoms. The number of carbonyl (C=O) groups excluding carboxylic acids is 2. The van der Waals surface area contributed by atoms with Crippen molar-refractivity contribution in [3.8, 4) is 0 Å². The number of nitrogens with one attached hydrogen (secondary N) is 1. The highest BCUT2D eigenvalue weighted by Gasteiger charge is 2.54. The van der Waals surface area contributed by atoms with Gasteiger partial charge in [-0.15, -0.1) is 11.8 Å². The van der Waals surface area contributed by atoms with Gasteiger partial charge in [-0.05, 0) is 23.8 Å². The Bertz CT molecular complexity index is 1630. The highest BCUT2D eigenvalue weighted by Crippen LogP contribution is 2.46. The first-order valence-corrected chi connectivity index (χ1v) is 13.8. The van der Waals surface area contributed by atoms with E-state index in [1.54, 1.807) is 6.07 Å². The predicted octanol–water partition coefficient (Wildman–Crippen LogP) is 4.11. The number of nitrogens with zero attached hydrogens (tertiary/aromatic N) is 1. The number of carbonyl (C=O) groups is 3. The fraction of sp³-hybridized carbons (Fsp3) is 0.179. The maximum Gasteiger partial charge on any atom is 0.353 e. The minimum Gasteiger partial charge on any atom is -0.477 e. The Balaban J connectivity index is 1.23. The Hall–Kier alpha value is -3.73. The molecule has 4 aromatic rings. The second-order valence-electron chi connectivity index (χ2n) is 9.01. The lowest BCUT2D eigenvalue weighted by Crippen LogP contribution is -2.70. The summed E-state index contributed by atoms with van der Waals surface area (Å²) in [6.45, 7) is -0.135. The number of aliphatic hydroxyl groups excluding tert-OH is 1. The van der Waals surface area contributed by atoms with Crippen molar-refractivity contribution in [2.45, 2.75) is 29.3 Å². The quantitative estimate of drug-likeness (QED) is 0.296. The topological polar surface area (TPSA) is 120 Å². The number of furan rings is 1.